The van der Waals surface area contributed by atoms with Gasteiger partial charge in [0.2, 0.25) is 0 Å². The Morgan fingerprint density at radius 1 is 0.455 bits per heavy atom. The number of aromatic nitrogens is 3. The highest BCUT2D eigenvalue weighted by atomic mass is 32.1. The van der Waals surface area contributed by atoms with E-state index in [4.69, 9.17) is 9.97 Å². The Labute approximate surface area is 258 Å². The fourth-order valence-electron chi connectivity index (χ4n) is 6.40. The largest absolute Gasteiger partial charge is 0.309 e. The van der Waals surface area contributed by atoms with Crippen LogP contribution in [0.15, 0.2) is 152 Å². The molecule has 9 rings (SSSR count). The molecule has 0 spiro atoms. The molecule has 0 aliphatic carbocycles. The summed E-state index contributed by atoms with van der Waals surface area (Å²) in [7, 11) is 0. The number of rotatable bonds is 4. The predicted molar refractivity (Wildman–Crippen MR) is 186 cm³/mol. The van der Waals surface area contributed by atoms with Crippen LogP contribution in [0.3, 0.4) is 0 Å². The Hall–Kier alpha value is -5.58. The van der Waals surface area contributed by atoms with Crippen molar-refractivity contribution in [2.45, 2.75) is 0 Å². The molecule has 0 radical (unpaired) electrons. The fraction of sp³-hybridized carbons (Fsp3) is 0. The third-order valence-corrected chi connectivity index (χ3v) is 9.51. The maximum atomic E-state index is 5.30. The Bertz CT molecular complexity index is 2430. The van der Waals surface area contributed by atoms with Crippen LogP contribution in [0.4, 0.5) is 0 Å². The van der Waals surface area contributed by atoms with Gasteiger partial charge in [-0.25, -0.2) is 9.97 Å². The molecule has 3 nitrogen and oxygen atoms in total. The highest BCUT2D eigenvalue weighted by molar-refractivity contribution is 7.25. The topological polar surface area (TPSA) is 30.7 Å². The Morgan fingerprint density at radius 2 is 1.05 bits per heavy atom. The average Bonchev–Trinajstić information content (AvgIpc) is 3.64. The van der Waals surface area contributed by atoms with Crippen molar-refractivity contribution in [3.05, 3.63) is 152 Å². The molecule has 6 aromatic carbocycles. The summed E-state index contributed by atoms with van der Waals surface area (Å²) in [6.45, 7) is 0. The number of thiophene rings is 1. The summed E-state index contributed by atoms with van der Waals surface area (Å²) < 4.78 is 3.58. The molecule has 206 valence electrons. The number of para-hydroxylation sites is 2. The van der Waals surface area contributed by atoms with E-state index in [1.165, 1.54) is 43.0 Å². The van der Waals surface area contributed by atoms with Crippen molar-refractivity contribution in [3.63, 3.8) is 0 Å². The second-order valence-electron chi connectivity index (χ2n) is 11.0. The van der Waals surface area contributed by atoms with Crippen LogP contribution in [-0.2, 0) is 0 Å². The number of hydrogen-bond donors (Lipinski definition) is 0. The van der Waals surface area contributed by atoms with Crippen molar-refractivity contribution >= 4 is 53.4 Å². The van der Waals surface area contributed by atoms with E-state index in [-0.39, 0.29) is 0 Å². The van der Waals surface area contributed by atoms with Crippen LogP contribution in [0.2, 0.25) is 0 Å². The molecule has 44 heavy (non-hydrogen) atoms. The summed E-state index contributed by atoms with van der Waals surface area (Å²) in [5.74, 6) is 0.737. The number of fused-ring (bicyclic) bond motifs is 6. The molecule has 0 atom stereocenters. The zero-order valence-corrected chi connectivity index (χ0v) is 24.5. The van der Waals surface area contributed by atoms with Crippen LogP contribution in [0.25, 0.3) is 81.6 Å². The molecule has 4 heteroatoms. The molecule has 0 N–H and O–H groups in total. The summed E-state index contributed by atoms with van der Waals surface area (Å²) in [6.07, 6.45) is 0. The highest BCUT2D eigenvalue weighted by Crippen LogP contribution is 2.40. The van der Waals surface area contributed by atoms with E-state index >= 15 is 0 Å². The lowest BCUT2D eigenvalue weighted by molar-refractivity contribution is 1.18. The van der Waals surface area contributed by atoms with Crippen LogP contribution in [-0.4, -0.2) is 14.5 Å². The van der Waals surface area contributed by atoms with Crippen molar-refractivity contribution in [2.75, 3.05) is 0 Å². The Balaban J connectivity index is 1.26. The number of nitrogens with zero attached hydrogens (tertiary/aromatic N) is 3. The molecule has 0 aliphatic rings. The molecule has 0 fully saturated rings. The van der Waals surface area contributed by atoms with Gasteiger partial charge in [-0.05, 0) is 41.5 Å². The molecule has 0 unspecified atom stereocenters. The van der Waals surface area contributed by atoms with E-state index < -0.39 is 0 Å². The number of benzene rings is 6. The van der Waals surface area contributed by atoms with E-state index in [9.17, 15) is 0 Å². The molecule has 9 aromatic rings. The van der Waals surface area contributed by atoms with Gasteiger partial charge in [0.15, 0.2) is 5.82 Å². The Morgan fingerprint density at radius 3 is 1.80 bits per heavy atom. The summed E-state index contributed by atoms with van der Waals surface area (Å²) in [4.78, 5) is 11.4. The SMILES string of the molecule is c1ccc(-c2ccc(-c3nc(-c4cccc(-n5c6ccccc6c6ccccc65)c4)c4c(n3)sc3ccccc34)cc2)cc1. The average molecular weight is 580 g/mol. The van der Waals surface area contributed by atoms with Crippen LogP contribution in [0.1, 0.15) is 0 Å². The first-order chi connectivity index (χ1) is 21.8. The maximum Gasteiger partial charge on any atom is 0.161 e. The summed E-state index contributed by atoms with van der Waals surface area (Å²) in [6, 6.07) is 53.7. The molecule has 0 bridgehead atoms. The maximum absolute atomic E-state index is 5.30. The van der Waals surface area contributed by atoms with E-state index in [1.54, 1.807) is 11.3 Å². The fourth-order valence-corrected chi connectivity index (χ4v) is 7.47. The number of hydrogen-bond acceptors (Lipinski definition) is 3. The van der Waals surface area contributed by atoms with Crippen molar-refractivity contribution in [2.24, 2.45) is 0 Å². The van der Waals surface area contributed by atoms with Gasteiger partial charge in [0.05, 0.1) is 16.7 Å². The molecule has 3 heterocycles. The van der Waals surface area contributed by atoms with Crippen LogP contribution in [0, 0.1) is 0 Å². The van der Waals surface area contributed by atoms with Crippen molar-refractivity contribution in [1.82, 2.24) is 14.5 Å². The van der Waals surface area contributed by atoms with Gasteiger partial charge in [-0.2, -0.15) is 0 Å². The van der Waals surface area contributed by atoms with E-state index in [0.717, 1.165) is 38.5 Å². The smallest absolute Gasteiger partial charge is 0.161 e. The van der Waals surface area contributed by atoms with E-state index in [1.807, 2.05) is 6.07 Å². The second-order valence-corrected chi connectivity index (χ2v) is 12.1. The summed E-state index contributed by atoms with van der Waals surface area (Å²) in [5, 5.41) is 4.80. The van der Waals surface area contributed by atoms with Crippen molar-refractivity contribution in [1.29, 1.82) is 0 Å². The highest BCUT2D eigenvalue weighted by Gasteiger charge is 2.18. The first-order valence-corrected chi connectivity index (χ1v) is 15.6. The Kier molecular flexibility index (Phi) is 5.68. The minimum atomic E-state index is 0.737. The zero-order chi connectivity index (χ0) is 29.0. The summed E-state index contributed by atoms with van der Waals surface area (Å²) >= 11 is 1.73. The third kappa shape index (κ3) is 3.96. The predicted octanol–water partition coefficient (Wildman–Crippen LogP) is 10.9. The minimum absolute atomic E-state index is 0.737. The van der Waals surface area contributed by atoms with Gasteiger partial charge in [0.25, 0.3) is 0 Å². The minimum Gasteiger partial charge on any atom is -0.309 e. The van der Waals surface area contributed by atoms with Crippen molar-refractivity contribution in [3.8, 4) is 39.5 Å². The molecular formula is C40H25N3S. The molecule has 0 saturated heterocycles. The quantitative estimate of drug-likeness (QED) is 0.208. The third-order valence-electron chi connectivity index (χ3n) is 8.45. The van der Waals surface area contributed by atoms with Gasteiger partial charge in [-0.15, -0.1) is 11.3 Å². The lowest BCUT2D eigenvalue weighted by Gasteiger charge is -2.12. The van der Waals surface area contributed by atoms with E-state index in [0.29, 0.717) is 0 Å². The van der Waals surface area contributed by atoms with Gasteiger partial charge >= 0.3 is 0 Å². The zero-order valence-electron chi connectivity index (χ0n) is 23.7. The molecule has 0 amide bonds. The molecular weight excluding hydrogens is 555 g/mol. The standard InChI is InChI=1S/C40H25N3S/c1-2-11-26(12-3-1)27-21-23-28(24-22-27)39-41-38(37-33-17-6-9-20-36(33)44-40(37)42-39)29-13-10-14-30(25-29)43-34-18-7-4-15-31(34)32-16-5-8-19-35(32)43/h1-25H. The first kappa shape index (κ1) is 25.0. The lowest BCUT2D eigenvalue weighted by Crippen LogP contribution is -1.97. The van der Waals surface area contributed by atoms with Gasteiger partial charge in [-0.3, -0.25) is 0 Å². The first-order valence-electron chi connectivity index (χ1n) is 14.8. The lowest BCUT2D eigenvalue weighted by atomic mass is 10.0. The molecule has 3 aromatic heterocycles. The van der Waals surface area contributed by atoms with Crippen LogP contribution >= 0.6 is 11.3 Å². The normalized spacial score (nSPS) is 11.6. The summed E-state index contributed by atoms with van der Waals surface area (Å²) in [5.41, 5.74) is 8.90. The monoisotopic (exact) mass is 579 g/mol. The molecule has 0 saturated carbocycles. The molecule has 0 aliphatic heterocycles. The van der Waals surface area contributed by atoms with Crippen LogP contribution < -0.4 is 0 Å². The van der Waals surface area contributed by atoms with Gasteiger partial charge in [0, 0.05) is 43.1 Å². The van der Waals surface area contributed by atoms with E-state index in [2.05, 4.69) is 150 Å². The van der Waals surface area contributed by atoms with Crippen LogP contribution in [0.5, 0.6) is 0 Å². The van der Waals surface area contributed by atoms with Gasteiger partial charge in [0.1, 0.15) is 4.83 Å². The second kappa shape index (κ2) is 10.0. The van der Waals surface area contributed by atoms with Gasteiger partial charge < -0.3 is 4.57 Å². The van der Waals surface area contributed by atoms with Crippen molar-refractivity contribution < 1.29 is 0 Å². The van der Waals surface area contributed by atoms with Gasteiger partial charge in [-0.1, -0.05) is 121 Å².